The van der Waals surface area contributed by atoms with Crippen molar-refractivity contribution in [3.63, 3.8) is 0 Å². The molecule has 2 atom stereocenters. The lowest BCUT2D eigenvalue weighted by atomic mass is 10.1. The largest absolute Gasteiger partial charge is 0.391 e. The fourth-order valence-corrected chi connectivity index (χ4v) is 2.83. The Bertz CT molecular complexity index is 583. The molecule has 0 heterocycles. The fourth-order valence-electron chi connectivity index (χ4n) is 2.26. The maximum absolute atomic E-state index is 12.0. The summed E-state index contributed by atoms with van der Waals surface area (Å²) in [5.41, 5.74) is 0.841. The van der Waals surface area contributed by atoms with Gasteiger partial charge in [-0.25, -0.2) is 8.42 Å². The van der Waals surface area contributed by atoms with Crippen LogP contribution in [0.2, 0.25) is 0 Å². The monoisotopic (exact) mass is 298 g/mol. The van der Waals surface area contributed by atoms with Gasteiger partial charge in [0.15, 0.2) is 0 Å². The molecule has 110 valence electrons. The van der Waals surface area contributed by atoms with Crippen molar-refractivity contribution < 1.29 is 18.3 Å². The molecule has 2 unspecified atom stereocenters. The van der Waals surface area contributed by atoms with Crippen molar-refractivity contribution in [2.45, 2.75) is 31.4 Å². The van der Waals surface area contributed by atoms with Gasteiger partial charge in [-0.3, -0.25) is 9.52 Å². The van der Waals surface area contributed by atoms with E-state index < -0.39 is 16.1 Å². The average Bonchev–Trinajstić information content (AvgIpc) is 2.74. The van der Waals surface area contributed by atoms with Crippen LogP contribution in [0.5, 0.6) is 0 Å². The van der Waals surface area contributed by atoms with Crippen molar-refractivity contribution in [3.05, 3.63) is 29.8 Å². The SMILES string of the molecule is CS(=O)(=O)Nc1ccc(C(=O)NC2CCCC2O)cc1. The third-order valence-electron chi connectivity index (χ3n) is 3.25. The number of anilines is 1. The first kappa shape index (κ1) is 14.8. The Kier molecular flexibility index (Phi) is 4.29. The molecule has 0 aromatic heterocycles. The summed E-state index contributed by atoms with van der Waals surface area (Å²) in [4.78, 5) is 12.0. The average molecular weight is 298 g/mol. The lowest BCUT2D eigenvalue weighted by Crippen LogP contribution is -2.39. The minimum atomic E-state index is -3.32. The molecule has 0 spiro atoms. The molecule has 1 aromatic carbocycles. The highest BCUT2D eigenvalue weighted by Gasteiger charge is 2.26. The van der Waals surface area contributed by atoms with Crippen LogP contribution in [-0.4, -0.2) is 37.8 Å². The van der Waals surface area contributed by atoms with Gasteiger partial charge in [-0.1, -0.05) is 0 Å². The summed E-state index contributed by atoms with van der Waals surface area (Å²) < 4.78 is 24.5. The number of hydrogen-bond acceptors (Lipinski definition) is 4. The second kappa shape index (κ2) is 5.80. The van der Waals surface area contributed by atoms with Gasteiger partial charge in [0, 0.05) is 11.3 Å². The van der Waals surface area contributed by atoms with Crippen molar-refractivity contribution in [2.75, 3.05) is 11.0 Å². The molecule has 1 aliphatic rings. The third kappa shape index (κ3) is 3.94. The number of nitrogens with one attached hydrogen (secondary N) is 2. The molecule has 1 saturated carbocycles. The molecular formula is C13H18N2O4S. The van der Waals surface area contributed by atoms with Gasteiger partial charge in [0.2, 0.25) is 10.0 Å². The summed E-state index contributed by atoms with van der Waals surface area (Å²) in [5, 5.41) is 12.5. The zero-order valence-electron chi connectivity index (χ0n) is 11.2. The smallest absolute Gasteiger partial charge is 0.251 e. The first-order chi connectivity index (χ1) is 9.35. The highest BCUT2D eigenvalue weighted by Crippen LogP contribution is 2.19. The quantitative estimate of drug-likeness (QED) is 0.762. The van der Waals surface area contributed by atoms with Gasteiger partial charge in [0.05, 0.1) is 18.4 Å². The predicted octanol–water partition coefficient (Wildman–Crippen LogP) is 0.701. The molecule has 0 aliphatic heterocycles. The van der Waals surface area contributed by atoms with E-state index in [1.54, 1.807) is 12.1 Å². The molecule has 3 N–H and O–H groups in total. The van der Waals surface area contributed by atoms with E-state index in [9.17, 15) is 18.3 Å². The Morgan fingerprint density at radius 2 is 1.90 bits per heavy atom. The van der Waals surface area contributed by atoms with Crippen LogP contribution in [0.4, 0.5) is 5.69 Å². The van der Waals surface area contributed by atoms with E-state index >= 15 is 0 Å². The van der Waals surface area contributed by atoms with Gasteiger partial charge in [-0.2, -0.15) is 0 Å². The van der Waals surface area contributed by atoms with Gasteiger partial charge in [0.1, 0.15) is 0 Å². The van der Waals surface area contributed by atoms with Crippen LogP contribution in [0.1, 0.15) is 29.6 Å². The Balaban J connectivity index is 2.00. The summed E-state index contributed by atoms with van der Waals surface area (Å²) >= 11 is 0. The van der Waals surface area contributed by atoms with E-state index in [0.717, 1.165) is 19.1 Å². The molecule has 1 fully saturated rings. The number of carbonyl (C=O) groups excluding carboxylic acids is 1. The zero-order valence-corrected chi connectivity index (χ0v) is 12.0. The minimum Gasteiger partial charge on any atom is -0.391 e. The van der Waals surface area contributed by atoms with Crippen LogP contribution in [-0.2, 0) is 10.0 Å². The number of aliphatic hydroxyl groups excluding tert-OH is 1. The summed E-state index contributed by atoms with van der Waals surface area (Å²) in [6.45, 7) is 0. The second-order valence-electron chi connectivity index (χ2n) is 5.03. The van der Waals surface area contributed by atoms with Crippen molar-refractivity contribution in [2.24, 2.45) is 0 Å². The summed E-state index contributed by atoms with van der Waals surface area (Å²) in [6, 6.07) is 5.95. The molecule has 1 aromatic rings. The van der Waals surface area contributed by atoms with Gasteiger partial charge in [-0.15, -0.1) is 0 Å². The molecule has 0 radical (unpaired) electrons. The van der Waals surface area contributed by atoms with Crippen LogP contribution in [0.25, 0.3) is 0 Å². The number of aliphatic hydroxyl groups is 1. The van der Waals surface area contributed by atoms with Crippen molar-refractivity contribution in [1.29, 1.82) is 0 Å². The van der Waals surface area contributed by atoms with E-state index in [0.29, 0.717) is 17.7 Å². The number of amides is 1. The third-order valence-corrected chi connectivity index (χ3v) is 3.85. The van der Waals surface area contributed by atoms with Gasteiger partial charge in [-0.05, 0) is 43.5 Å². The normalized spacial score (nSPS) is 22.5. The van der Waals surface area contributed by atoms with Crippen molar-refractivity contribution in [1.82, 2.24) is 5.32 Å². The van der Waals surface area contributed by atoms with Gasteiger partial charge >= 0.3 is 0 Å². The van der Waals surface area contributed by atoms with Crippen LogP contribution >= 0.6 is 0 Å². The van der Waals surface area contributed by atoms with E-state index in [2.05, 4.69) is 10.0 Å². The van der Waals surface area contributed by atoms with Crippen molar-refractivity contribution >= 4 is 21.6 Å². The highest BCUT2D eigenvalue weighted by atomic mass is 32.2. The summed E-state index contributed by atoms with van der Waals surface area (Å²) in [7, 11) is -3.32. The zero-order chi connectivity index (χ0) is 14.8. The molecule has 7 heteroatoms. The summed E-state index contributed by atoms with van der Waals surface area (Å²) in [5.74, 6) is -0.262. The molecule has 1 aliphatic carbocycles. The van der Waals surface area contributed by atoms with Gasteiger partial charge in [0.25, 0.3) is 5.91 Å². The number of benzene rings is 1. The first-order valence-corrected chi connectivity index (χ1v) is 8.31. The Labute approximate surface area is 118 Å². The van der Waals surface area contributed by atoms with E-state index in [4.69, 9.17) is 0 Å². The van der Waals surface area contributed by atoms with Gasteiger partial charge < -0.3 is 10.4 Å². The van der Waals surface area contributed by atoms with E-state index in [-0.39, 0.29) is 11.9 Å². The number of carbonyl (C=O) groups is 1. The predicted molar refractivity (Wildman–Crippen MR) is 76.0 cm³/mol. The molecule has 0 bridgehead atoms. The maximum atomic E-state index is 12.0. The van der Waals surface area contributed by atoms with Crippen LogP contribution in [0.15, 0.2) is 24.3 Å². The molecule has 1 amide bonds. The standard InChI is InChI=1S/C13H18N2O4S/c1-20(18,19)15-10-7-5-9(6-8-10)13(17)14-11-3-2-4-12(11)16/h5-8,11-12,15-16H,2-4H2,1H3,(H,14,17). The number of rotatable bonds is 4. The Hall–Kier alpha value is -1.60. The van der Waals surface area contributed by atoms with Crippen molar-refractivity contribution in [3.8, 4) is 0 Å². The topological polar surface area (TPSA) is 95.5 Å². The van der Waals surface area contributed by atoms with Crippen LogP contribution < -0.4 is 10.0 Å². The lowest BCUT2D eigenvalue weighted by Gasteiger charge is -2.16. The maximum Gasteiger partial charge on any atom is 0.251 e. The van der Waals surface area contributed by atoms with Crippen LogP contribution in [0, 0.1) is 0 Å². The highest BCUT2D eigenvalue weighted by molar-refractivity contribution is 7.92. The summed E-state index contributed by atoms with van der Waals surface area (Å²) in [6.07, 6.45) is 2.98. The molecule has 2 rings (SSSR count). The fraction of sp³-hybridized carbons (Fsp3) is 0.462. The molecule has 6 nitrogen and oxygen atoms in total. The lowest BCUT2D eigenvalue weighted by molar-refractivity contribution is 0.0873. The molecule has 20 heavy (non-hydrogen) atoms. The van der Waals surface area contributed by atoms with E-state index in [1.165, 1.54) is 12.1 Å². The van der Waals surface area contributed by atoms with Crippen LogP contribution in [0.3, 0.4) is 0 Å². The van der Waals surface area contributed by atoms with E-state index in [1.807, 2.05) is 0 Å². The Morgan fingerprint density at radius 3 is 2.40 bits per heavy atom. The Morgan fingerprint density at radius 1 is 1.25 bits per heavy atom. The number of sulfonamides is 1. The molecular weight excluding hydrogens is 280 g/mol. The minimum absolute atomic E-state index is 0.198. The first-order valence-electron chi connectivity index (χ1n) is 6.42. The second-order valence-corrected chi connectivity index (χ2v) is 6.78. The number of hydrogen-bond donors (Lipinski definition) is 3. The molecule has 0 saturated heterocycles.